The van der Waals surface area contributed by atoms with Gasteiger partial charge in [0.2, 0.25) is 0 Å². The number of nitrogens with one attached hydrogen (secondary N) is 1. The molecule has 128 valence electrons. The van der Waals surface area contributed by atoms with Gasteiger partial charge in [-0.1, -0.05) is 18.2 Å². The zero-order valence-corrected chi connectivity index (χ0v) is 14.7. The van der Waals surface area contributed by atoms with E-state index in [-0.39, 0.29) is 0 Å². The molecule has 0 amide bonds. The van der Waals surface area contributed by atoms with Gasteiger partial charge in [-0.15, -0.1) is 0 Å². The summed E-state index contributed by atoms with van der Waals surface area (Å²) in [5.74, 6) is 0.870. The van der Waals surface area contributed by atoms with Crippen LogP contribution in [0.3, 0.4) is 0 Å². The molecule has 0 fully saturated rings. The SMILES string of the molecule is Cc1ncc2c(n1)CCC(NCc1cn(-c3ccccc3)nc1C)C2. The van der Waals surface area contributed by atoms with Crippen LogP contribution in [0.5, 0.6) is 0 Å². The van der Waals surface area contributed by atoms with Gasteiger partial charge in [0.1, 0.15) is 5.82 Å². The summed E-state index contributed by atoms with van der Waals surface area (Å²) in [4.78, 5) is 8.91. The third-order valence-electron chi connectivity index (χ3n) is 4.87. The largest absolute Gasteiger partial charge is 0.309 e. The summed E-state index contributed by atoms with van der Waals surface area (Å²) in [5.41, 5.74) is 5.92. The second-order valence-corrected chi connectivity index (χ2v) is 6.73. The van der Waals surface area contributed by atoms with Crippen molar-refractivity contribution < 1.29 is 0 Å². The molecule has 1 N–H and O–H groups in total. The molecular formula is C20H23N5. The highest BCUT2D eigenvalue weighted by Crippen LogP contribution is 2.20. The first-order valence-electron chi connectivity index (χ1n) is 8.84. The van der Waals surface area contributed by atoms with E-state index in [1.807, 2.05) is 36.0 Å². The number of benzene rings is 1. The van der Waals surface area contributed by atoms with Gasteiger partial charge in [0.25, 0.3) is 0 Å². The highest BCUT2D eigenvalue weighted by Gasteiger charge is 2.20. The summed E-state index contributed by atoms with van der Waals surface area (Å²) in [6.07, 6.45) is 7.26. The Morgan fingerprint density at radius 1 is 1.20 bits per heavy atom. The highest BCUT2D eigenvalue weighted by molar-refractivity contribution is 5.32. The van der Waals surface area contributed by atoms with E-state index in [0.29, 0.717) is 6.04 Å². The third-order valence-corrected chi connectivity index (χ3v) is 4.87. The Morgan fingerprint density at radius 3 is 2.88 bits per heavy atom. The van der Waals surface area contributed by atoms with Crippen molar-refractivity contribution in [3.63, 3.8) is 0 Å². The maximum atomic E-state index is 4.65. The molecule has 2 heterocycles. The minimum absolute atomic E-state index is 0.471. The van der Waals surface area contributed by atoms with Crippen molar-refractivity contribution in [3.8, 4) is 5.69 Å². The van der Waals surface area contributed by atoms with E-state index < -0.39 is 0 Å². The molecule has 3 aromatic rings. The first-order valence-corrected chi connectivity index (χ1v) is 8.84. The number of nitrogens with zero attached hydrogens (tertiary/aromatic N) is 4. The first kappa shape index (κ1) is 16.0. The van der Waals surface area contributed by atoms with Crippen LogP contribution in [0.1, 0.15) is 34.8 Å². The smallest absolute Gasteiger partial charge is 0.125 e. The monoisotopic (exact) mass is 333 g/mol. The van der Waals surface area contributed by atoms with Gasteiger partial charge in [0, 0.05) is 36.2 Å². The van der Waals surface area contributed by atoms with Gasteiger partial charge < -0.3 is 5.32 Å². The Balaban J connectivity index is 1.42. The van der Waals surface area contributed by atoms with Gasteiger partial charge in [-0.05, 0) is 50.8 Å². The average Bonchev–Trinajstić information content (AvgIpc) is 3.01. The quantitative estimate of drug-likeness (QED) is 0.797. The molecule has 0 saturated heterocycles. The molecule has 1 unspecified atom stereocenters. The van der Waals surface area contributed by atoms with Crippen LogP contribution < -0.4 is 5.32 Å². The Kier molecular flexibility index (Phi) is 4.32. The molecule has 25 heavy (non-hydrogen) atoms. The van der Waals surface area contributed by atoms with Crippen LogP contribution in [-0.2, 0) is 19.4 Å². The van der Waals surface area contributed by atoms with Crippen LogP contribution in [0, 0.1) is 13.8 Å². The molecule has 1 atom stereocenters. The van der Waals surface area contributed by atoms with Crippen LogP contribution >= 0.6 is 0 Å². The number of fused-ring (bicyclic) bond motifs is 1. The van der Waals surface area contributed by atoms with Gasteiger partial charge >= 0.3 is 0 Å². The molecule has 5 nitrogen and oxygen atoms in total. The zero-order chi connectivity index (χ0) is 17.2. The average molecular weight is 333 g/mol. The number of hydrogen-bond acceptors (Lipinski definition) is 4. The van der Waals surface area contributed by atoms with Crippen LogP contribution in [0.15, 0.2) is 42.7 Å². The molecule has 5 heteroatoms. The second kappa shape index (κ2) is 6.76. The predicted molar refractivity (Wildman–Crippen MR) is 97.7 cm³/mol. The van der Waals surface area contributed by atoms with Crippen LogP contribution in [0.25, 0.3) is 5.69 Å². The van der Waals surface area contributed by atoms with E-state index in [4.69, 9.17) is 0 Å². The summed E-state index contributed by atoms with van der Waals surface area (Å²) in [6.45, 7) is 4.87. The molecule has 0 bridgehead atoms. The van der Waals surface area contributed by atoms with E-state index in [2.05, 4.69) is 45.6 Å². The summed E-state index contributed by atoms with van der Waals surface area (Å²) < 4.78 is 1.96. The first-order chi connectivity index (χ1) is 12.2. The van der Waals surface area contributed by atoms with Crippen LogP contribution in [0.2, 0.25) is 0 Å². The Hall–Kier alpha value is -2.53. The van der Waals surface area contributed by atoms with Crippen molar-refractivity contribution in [2.45, 2.75) is 45.7 Å². The maximum Gasteiger partial charge on any atom is 0.125 e. The lowest BCUT2D eigenvalue weighted by molar-refractivity contribution is 0.451. The lowest BCUT2D eigenvalue weighted by Gasteiger charge is -2.24. The summed E-state index contributed by atoms with van der Waals surface area (Å²) in [6, 6.07) is 10.7. The van der Waals surface area contributed by atoms with Crippen molar-refractivity contribution in [1.29, 1.82) is 0 Å². The van der Waals surface area contributed by atoms with Crippen LogP contribution in [-0.4, -0.2) is 25.8 Å². The molecule has 1 aliphatic rings. The van der Waals surface area contributed by atoms with E-state index >= 15 is 0 Å². The van der Waals surface area contributed by atoms with Crippen molar-refractivity contribution in [3.05, 3.63) is 71.1 Å². The predicted octanol–water partition coefficient (Wildman–Crippen LogP) is 2.93. The maximum absolute atomic E-state index is 4.65. The normalized spacial score (nSPS) is 16.6. The molecule has 1 aliphatic carbocycles. The van der Waals surface area contributed by atoms with E-state index in [1.54, 1.807) is 0 Å². The van der Waals surface area contributed by atoms with E-state index in [1.165, 1.54) is 16.8 Å². The summed E-state index contributed by atoms with van der Waals surface area (Å²) >= 11 is 0. The van der Waals surface area contributed by atoms with Crippen molar-refractivity contribution in [2.24, 2.45) is 0 Å². The Labute approximate surface area is 148 Å². The van der Waals surface area contributed by atoms with Gasteiger partial charge in [0.15, 0.2) is 0 Å². The molecule has 0 radical (unpaired) electrons. The molecule has 4 rings (SSSR count). The number of hydrogen-bond donors (Lipinski definition) is 1. The molecular weight excluding hydrogens is 310 g/mol. The summed E-state index contributed by atoms with van der Waals surface area (Å²) in [7, 11) is 0. The second-order valence-electron chi connectivity index (χ2n) is 6.73. The highest BCUT2D eigenvalue weighted by atomic mass is 15.3. The van der Waals surface area contributed by atoms with Crippen molar-refractivity contribution in [1.82, 2.24) is 25.1 Å². The molecule has 0 aliphatic heterocycles. The van der Waals surface area contributed by atoms with Crippen molar-refractivity contribution >= 4 is 0 Å². The molecule has 0 saturated carbocycles. The van der Waals surface area contributed by atoms with E-state index in [0.717, 1.165) is 43.0 Å². The fourth-order valence-corrected chi connectivity index (χ4v) is 3.42. The lowest BCUT2D eigenvalue weighted by Crippen LogP contribution is -2.34. The van der Waals surface area contributed by atoms with Gasteiger partial charge in [-0.25, -0.2) is 14.6 Å². The number of aryl methyl sites for hydroxylation is 3. The number of rotatable bonds is 4. The minimum atomic E-state index is 0.471. The van der Waals surface area contributed by atoms with E-state index in [9.17, 15) is 0 Å². The number of aromatic nitrogens is 4. The third kappa shape index (κ3) is 3.46. The Morgan fingerprint density at radius 2 is 2.04 bits per heavy atom. The topological polar surface area (TPSA) is 55.6 Å². The van der Waals surface area contributed by atoms with Gasteiger partial charge in [-0.3, -0.25) is 0 Å². The fraction of sp³-hybridized carbons (Fsp3) is 0.350. The van der Waals surface area contributed by atoms with Gasteiger partial charge in [-0.2, -0.15) is 5.10 Å². The van der Waals surface area contributed by atoms with Crippen molar-refractivity contribution in [2.75, 3.05) is 0 Å². The lowest BCUT2D eigenvalue weighted by atomic mass is 9.92. The molecule has 1 aromatic carbocycles. The molecule has 0 spiro atoms. The van der Waals surface area contributed by atoms with Gasteiger partial charge in [0.05, 0.1) is 11.4 Å². The van der Waals surface area contributed by atoms with Crippen LogP contribution in [0.4, 0.5) is 0 Å². The minimum Gasteiger partial charge on any atom is -0.309 e. The zero-order valence-electron chi connectivity index (χ0n) is 14.7. The molecule has 2 aromatic heterocycles. The summed E-state index contributed by atoms with van der Waals surface area (Å²) in [5, 5.41) is 8.34. The fourth-order valence-electron chi connectivity index (χ4n) is 3.42. The number of para-hydroxylation sites is 1. The Bertz CT molecular complexity index is 869. The standard InChI is InChI=1S/C20H23N5/c1-14-17(13-25(24-14)19-6-4-3-5-7-19)12-22-18-8-9-20-16(10-18)11-21-15(2)23-20/h3-7,11,13,18,22H,8-10,12H2,1-2H3.